The van der Waals surface area contributed by atoms with Crippen molar-refractivity contribution in [1.29, 1.82) is 0 Å². The van der Waals surface area contributed by atoms with Gasteiger partial charge in [-0.05, 0) is 30.7 Å². The third kappa shape index (κ3) is 2.85. The van der Waals surface area contributed by atoms with Gasteiger partial charge >= 0.3 is 0 Å². The summed E-state index contributed by atoms with van der Waals surface area (Å²) in [6.07, 6.45) is -0.479. The number of aromatic nitrogens is 2. The van der Waals surface area contributed by atoms with E-state index in [1.807, 2.05) is 6.92 Å². The average molecular weight is 307 g/mol. The molecule has 0 saturated carbocycles. The number of carbonyl (C=O) groups is 1. The summed E-state index contributed by atoms with van der Waals surface area (Å²) in [4.78, 5) is 14.0. The second-order valence-electron chi connectivity index (χ2n) is 5.22. The van der Waals surface area contributed by atoms with E-state index >= 15 is 0 Å². The van der Waals surface area contributed by atoms with E-state index in [2.05, 4.69) is 10.2 Å². The highest BCUT2D eigenvalue weighted by molar-refractivity contribution is 5.92. The summed E-state index contributed by atoms with van der Waals surface area (Å²) in [5, 5.41) is 6.67. The fourth-order valence-electron chi connectivity index (χ4n) is 2.44. The molecule has 0 radical (unpaired) electrons. The smallest absolute Gasteiger partial charge is 0.274 e. The summed E-state index contributed by atoms with van der Waals surface area (Å²) in [6, 6.07) is 5.30. The van der Waals surface area contributed by atoms with Gasteiger partial charge in [0.2, 0.25) is 0 Å². The second-order valence-corrected chi connectivity index (χ2v) is 5.22. The molecule has 0 spiro atoms. The molecule has 1 aromatic heterocycles. The van der Waals surface area contributed by atoms with Crippen molar-refractivity contribution in [2.45, 2.75) is 13.0 Å². The summed E-state index contributed by atoms with van der Waals surface area (Å²) in [6.45, 7) is 2.85. The van der Waals surface area contributed by atoms with Crippen molar-refractivity contribution in [2.75, 3.05) is 19.7 Å². The van der Waals surface area contributed by atoms with Gasteiger partial charge in [-0.25, -0.2) is 8.78 Å². The van der Waals surface area contributed by atoms with Crippen molar-refractivity contribution < 1.29 is 18.3 Å². The molecule has 7 heteroatoms. The molecule has 1 aliphatic rings. The largest absolute Gasteiger partial charge is 0.370 e. The monoisotopic (exact) mass is 307 g/mol. The first kappa shape index (κ1) is 14.6. The Morgan fingerprint density at radius 3 is 2.86 bits per heavy atom. The number of hydrogen-bond donors (Lipinski definition) is 1. The van der Waals surface area contributed by atoms with Crippen molar-refractivity contribution >= 4 is 5.91 Å². The Morgan fingerprint density at radius 1 is 1.36 bits per heavy atom. The highest BCUT2D eigenvalue weighted by Crippen LogP contribution is 2.24. The van der Waals surface area contributed by atoms with Crippen molar-refractivity contribution in [2.24, 2.45) is 0 Å². The van der Waals surface area contributed by atoms with E-state index in [-0.39, 0.29) is 12.5 Å². The van der Waals surface area contributed by atoms with Gasteiger partial charge in [0.05, 0.1) is 13.2 Å². The predicted octanol–water partition coefficient (Wildman–Crippen LogP) is 2.21. The lowest BCUT2D eigenvalue weighted by atomic mass is 10.1. The number of nitrogens with zero attached hydrogens (tertiary/aromatic N) is 2. The Kier molecular flexibility index (Phi) is 3.89. The number of nitrogens with one attached hydrogen (secondary N) is 1. The molecule has 1 amide bonds. The molecule has 1 aliphatic heterocycles. The van der Waals surface area contributed by atoms with Gasteiger partial charge < -0.3 is 9.64 Å². The lowest BCUT2D eigenvalue weighted by molar-refractivity contribution is -0.0231. The lowest BCUT2D eigenvalue weighted by Gasteiger charge is -2.32. The standard InChI is InChI=1S/C15H15F2N3O2/c1-9-6-13(19-18-9)15(21)20-4-5-22-14(8-20)10-2-3-11(16)12(17)7-10/h2-3,6-7,14H,4-5,8H2,1H3,(H,18,19)/t14-/m0/s1. The molecule has 116 valence electrons. The molecular formula is C15H15F2N3O2. The van der Waals surface area contributed by atoms with Gasteiger partial charge in [0, 0.05) is 12.2 Å². The first-order valence-corrected chi connectivity index (χ1v) is 6.92. The number of hydrogen-bond acceptors (Lipinski definition) is 3. The van der Waals surface area contributed by atoms with Crippen LogP contribution in [0.3, 0.4) is 0 Å². The van der Waals surface area contributed by atoms with E-state index in [0.29, 0.717) is 24.4 Å². The number of H-pyrrole nitrogens is 1. The van der Waals surface area contributed by atoms with Gasteiger partial charge in [-0.15, -0.1) is 0 Å². The summed E-state index contributed by atoms with van der Waals surface area (Å²) < 4.78 is 31.9. The van der Waals surface area contributed by atoms with E-state index < -0.39 is 17.7 Å². The second kappa shape index (κ2) is 5.84. The number of rotatable bonds is 2. The first-order valence-electron chi connectivity index (χ1n) is 6.92. The van der Waals surface area contributed by atoms with E-state index in [0.717, 1.165) is 17.8 Å². The summed E-state index contributed by atoms with van der Waals surface area (Å²) >= 11 is 0. The molecule has 0 bridgehead atoms. The SMILES string of the molecule is Cc1cc(C(=O)N2CCO[C@H](c3ccc(F)c(F)c3)C2)n[nH]1. The van der Waals surface area contributed by atoms with Crippen LogP contribution in [0.5, 0.6) is 0 Å². The van der Waals surface area contributed by atoms with Crippen LogP contribution in [-0.4, -0.2) is 40.7 Å². The molecule has 0 aliphatic carbocycles. The number of halogens is 2. The number of carbonyl (C=O) groups excluding carboxylic acids is 1. The van der Waals surface area contributed by atoms with Crippen LogP contribution in [-0.2, 0) is 4.74 Å². The Morgan fingerprint density at radius 2 is 2.18 bits per heavy atom. The van der Waals surface area contributed by atoms with Crippen molar-refractivity contribution in [3.05, 3.63) is 52.9 Å². The van der Waals surface area contributed by atoms with Gasteiger partial charge in [-0.2, -0.15) is 5.10 Å². The number of aryl methyl sites for hydroxylation is 1. The molecule has 5 nitrogen and oxygen atoms in total. The maximum Gasteiger partial charge on any atom is 0.274 e. The average Bonchev–Trinajstić information content (AvgIpc) is 2.96. The molecular weight excluding hydrogens is 292 g/mol. The number of benzene rings is 1. The van der Waals surface area contributed by atoms with Crippen molar-refractivity contribution in [1.82, 2.24) is 15.1 Å². The summed E-state index contributed by atoms with van der Waals surface area (Å²) in [7, 11) is 0. The van der Waals surface area contributed by atoms with Crippen LogP contribution in [0.2, 0.25) is 0 Å². The molecule has 0 unspecified atom stereocenters. The Labute approximate surface area is 125 Å². The van der Waals surface area contributed by atoms with Crippen LogP contribution in [0.15, 0.2) is 24.3 Å². The third-order valence-corrected chi connectivity index (χ3v) is 3.59. The highest BCUT2D eigenvalue weighted by atomic mass is 19.2. The predicted molar refractivity (Wildman–Crippen MR) is 74.3 cm³/mol. The van der Waals surface area contributed by atoms with Crippen LogP contribution in [0.4, 0.5) is 8.78 Å². The fraction of sp³-hybridized carbons (Fsp3) is 0.333. The molecule has 2 aromatic rings. The third-order valence-electron chi connectivity index (χ3n) is 3.59. The molecule has 22 heavy (non-hydrogen) atoms. The van der Waals surface area contributed by atoms with Gasteiger partial charge in [-0.3, -0.25) is 9.89 Å². The molecule has 1 saturated heterocycles. The van der Waals surface area contributed by atoms with Crippen LogP contribution < -0.4 is 0 Å². The van der Waals surface area contributed by atoms with Gasteiger partial charge in [-0.1, -0.05) is 6.07 Å². The fourth-order valence-corrected chi connectivity index (χ4v) is 2.44. The molecule has 1 atom stereocenters. The molecule has 1 fully saturated rings. The maximum absolute atomic E-state index is 13.3. The van der Waals surface area contributed by atoms with Crippen LogP contribution >= 0.6 is 0 Å². The van der Waals surface area contributed by atoms with Crippen molar-refractivity contribution in [3.8, 4) is 0 Å². The minimum absolute atomic E-state index is 0.208. The number of ether oxygens (including phenoxy) is 1. The Balaban J connectivity index is 1.76. The molecule has 1 N–H and O–H groups in total. The number of aromatic amines is 1. The minimum Gasteiger partial charge on any atom is -0.370 e. The molecule has 2 heterocycles. The van der Waals surface area contributed by atoms with Gasteiger partial charge in [0.15, 0.2) is 11.6 Å². The van der Waals surface area contributed by atoms with E-state index in [1.165, 1.54) is 6.07 Å². The van der Waals surface area contributed by atoms with E-state index in [4.69, 9.17) is 4.74 Å². The lowest BCUT2D eigenvalue weighted by Crippen LogP contribution is -2.42. The van der Waals surface area contributed by atoms with Crippen LogP contribution in [0.1, 0.15) is 27.8 Å². The zero-order valence-electron chi connectivity index (χ0n) is 12.0. The minimum atomic E-state index is -0.924. The van der Waals surface area contributed by atoms with E-state index in [9.17, 15) is 13.6 Å². The van der Waals surface area contributed by atoms with E-state index in [1.54, 1.807) is 11.0 Å². The van der Waals surface area contributed by atoms with Gasteiger partial charge in [0.25, 0.3) is 5.91 Å². The molecule has 3 rings (SSSR count). The highest BCUT2D eigenvalue weighted by Gasteiger charge is 2.27. The quantitative estimate of drug-likeness (QED) is 0.925. The van der Waals surface area contributed by atoms with Crippen molar-refractivity contribution in [3.63, 3.8) is 0 Å². The normalized spacial score (nSPS) is 18.5. The summed E-state index contributed by atoms with van der Waals surface area (Å²) in [5.74, 6) is -2.04. The number of amides is 1. The van der Waals surface area contributed by atoms with Crippen LogP contribution in [0, 0.1) is 18.6 Å². The maximum atomic E-state index is 13.3. The summed E-state index contributed by atoms with van der Waals surface area (Å²) in [5.41, 5.74) is 1.65. The molecule has 1 aromatic carbocycles. The Hall–Kier alpha value is -2.28. The zero-order valence-corrected chi connectivity index (χ0v) is 12.0. The van der Waals surface area contributed by atoms with Gasteiger partial charge in [0.1, 0.15) is 11.8 Å². The Bertz CT molecular complexity index is 702. The zero-order chi connectivity index (χ0) is 15.7. The topological polar surface area (TPSA) is 58.2 Å². The number of morpholine rings is 1. The first-order chi connectivity index (χ1) is 10.5. The van der Waals surface area contributed by atoms with Crippen LogP contribution in [0.25, 0.3) is 0 Å².